The third-order valence-electron chi connectivity index (χ3n) is 2.88. The number of halogens is 1. The lowest BCUT2D eigenvalue weighted by atomic mass is 10.2. The fourth-order valence-electron chi connectivity index (χ4n) is 1.77. The predicted octanol–water partition coefficient (Wildman–Crippen LogP) is 3.42. The summed E-state index contributed by atoms with van der Waals surface area (Å²) in [6.07, 6.45) is 0.859. The number of ether oxygens (including phenoxy) is 1. The van der Waals surface area contributed by atoms with Gasteiger partial charge in [0.1, 0.15) is 0 Å². The molecule has 0 saturated heterocycles. The maximum Gasteiger partial charge on any atom is 0.310 e. The Bertz CT molecular complexity index is 611. The van der Waals surface area contributed by atoms with E-state index in [2.05, 4.69) is 21.2 Å². The zero-order chi connectivity index (χ0) is 15.8. The molecule has 0 spiro atoms. The summed E-state index contributed by atoms with van der Waals surface area (Å²) in [6.45, 7) is 0.794. The minimum atomic E-state index is -0.257. The van der Waals surface area contributed by atoms with Crippen molar-refractivity contribution in [3.05, 3.63) is 56.7 Å². The van der Waals surface area contributed by atoms with E-state index in [1.807, 2.05) is 35.7 Å². The molecule has 0 fully saturated rings. The second-order valence-electron chi connectivity index (χ2n) is 4.61. The summed E-state index contributed by atoms with van der Waals surface area (Å²) < 4.78 is 6.13. The van der Waals surface area contributed by atoms with E-state index in [9.17, 15) is 9.59 Å². The Hall–Kier alpha value is -1.66. The Morgan fingerprint density at radius 2 is 1.95 bits per heavy atom. The van der Waals surface area contributed by atoms with E-state index in [4.69, 9.17) is 4.74 Å². The van der Waals surface area contributed by atoms with Crippen LogP contribution in [0.5, 0.6) is 0 Å². The Morgan fingerprint density at radius 3 is 2.64 bits per heavy atom. The summed E-state index contributed by atoms with van der Waals surface area (Å²) in [5.41, 5.74) is 0.916. The molecule has 2 rings (SSSR count). The highest BCUT2D eigenvalue weighted by Gasteiger charge is 2.06. The molecule has 0 aliphatic heterocycles. The maximum atomic E-state index is 11.7. The third-order valence-corrected chi connectivity index (χ3v) is 4.27. The average molecular weight is 382 g/mol. The van der Waals surface area contributed by atoms with E-state index in [0.29, 0.717) is 24.4 Å². The van der Waals surface area contributed by atoms with Gasteiger partial charge in [0, 0.05) is 11.0 Å². The molecule has 116 valence electrons. The molecular weight excluding hydrogens is 366 g/mol. The maximum absolute atomic E-state index is 11.7. The minimum absolute atomic E-state index is 0.0869. The lowest BCUT2D eigenvalue weighted by molar-refractivity contribution is -0.142. The molecule has 22 heavy (non-hydrogen) atoms. The number of amides is 1. The molecule has 1 aromatic carbocycles. The van der Waals surface area contributed by atoms with Crippen LogP contribution in [0.15, 0.2) is 46.3 Å². The number of benzene rings is 1. The third kappa shape index (κ3) is 5.61. The number of rotatable bonds is 7. The van der Waals surface area contributed by atoms with E-state index < -0.39 is 0 Å². The van der Waals surface area contributed by atoms with Crippen molar-refractivity contribution in [3.63, 3.8) is 0 Å². The number of esters is 1. The van der Waals surface area contributed by atoms with E-state index >= 15 is 0 Å². The first-order valence-corrected chi connectivity index (χ1v) is 8.54. The molecule has 0 aliphatic rings. The number of nitrogens with one attached hydrogen (secondary N) is 1. The number of carbonyl (C=O) groups excluding carboxylic acids is 2. The zero-order valence-electron chi connectivity index (χ0n) is 11.9. The van der Waals surface area contributed by atoms with Crippen LogP contribution in [-0.2, 0) is 16.0 Å². The van der Waals surface area contributed by atoms with Gasteiger partial charge in [-0.25, -0.2) is 0 Å². The molecule has 2 aromatic rings. The fraction of sp³-hybridized carbons (Fsp3) is 0.250. The van der Waals surface area contributed by atoms with E-state index in [1.54, 1.807) is 6.07 Å². The lowest BCUT2D eigenvalue weighted by Crippen LogP contribution is -2.24. The first-order valence-electron chi connectivity index (χ1n) is 6.87. The van der Waals surface area contributed by atoms with Crippen LogP contribution in [0.4, 0.5) is 0 Å². The largest absolute Gasteiger partial charge is 0.465 e. The predicted molar refractivity (Wildman–Crippen MR) is 90.1 cm³/mol. The van der Waals surface area contributed by atoms with Crippen LogP contribution in [0.2, 0.25) is 0 Å². The Morgan fingerprint density at radius 1 is 1.18 bits per heavy atom. The smallest absolute Gasteiger partial charge is 0.310 e. The Kier molecular flexibility index (Phi) is 6.61. The molecule has 1 amide bonds. The van der Waals surface area contributed by atoms with E-state index in [-0.39, 0.29) is 18.3 Å². The van der Waals surface area contributed by atoms with Crippen molar-refractivity contribution < 1.29 is 14.3 Å². The lowest BCUT2D eigenvalue weighted by Gasteiger charge is -2.06. The van der Waals surface area contributed by atoms with Crippen molar-refractivity contribution in [1.82, 2.24) is 5.32 Å². The molecule has 0 aliphatic carbocycles. The van der Waals surface area contributed by atoms with Gasteiger partial charge in [0.15, 0.2) is 0 Å². The number of carbonyl (C=O) groups is 2. The molecule has 0 radical (unpaired) electrons. The molecule has 4 nitrogen and oxygen atoms in total. The Labute approximate surface area is 141 Å². The summed E-state index contributed by atoms with van der Waals surface area (Å²) >= 11 is 4.75. The fourth-order valence-corrected chi connectivity index (χ4v) is 2.68. The van der Waals surface area contributed by atoms with Crippen LogP contribution in [0.1, 0.15) is 21.7 Å². The summed E-state index contributed by atoms with van der Waals surface area (Å²) in [4.78, 5) is 24.0. The van der Waals surface area contributed by atoms with Crippen molar-refractivity contribution in [2.45, 2.75) is 12.8 Å². The van der Waals surface area contributed by atoms with Gasteiger partial charge in [-0.05, 0) is 35.6 Å². The van der Waals surface area contributed by atoms with Crippen molar-refractivity contribution >= 4 is 39.1 Å². The van der Waals surface area contributed by atoms with Gasteiger partial charge in [0.2, 0.25) is 0 Å². The normalized spacial score (nSPS) is 10.2. The van der Waals surface area contributed by atoms with Crippen LogP contribution in [-0.4, -0.2) is 25.0 Å². The van der Waals surface area contributed by atoms with Gasteiger partial charge in [-0.2, -0.15) is 0 Å². The number of thiophene rings is 1. The summed E-state index contributed by atoms with van der Waals surface area (Å²) in [6, 6.07) is 11.2. The van der Waals surface area contributed by atoms with Gasteiger partial charge in [-0.15, -0.1) is 11.3 Å². The monoisotopic (exact) mass is 381 g/mol. The standard InChI is InChI=1S/C16H16BrNO3S/c17-13-6-4-12(5-7-13)11-15(19)21-9-2-8-18-16(20)14-3-1-10-22-14/h1,3-7,10H,2,8-9,11H2,(H,18,20). The highest BCUT2D eigenvalue weighted by atomic mass is 79.9. The molecule has 1 aromatic heterocycles. The van der Waals surface area contributed by atoms with E-state index in [1.165, 1.54) is 11.3 Å². The summed E-state index contributed by atoms with van der Waals surface area (Å²) in [5, 5.41) is 4.65. The average Bonchev–Trinajstić information content (AvgIpc) is 3.03. The molecule has 0 bridgehead atoms. The number of hydrogen-bond donors (Lipinski definition) is 1. The first-order chi connectivity index (χ1) is 10.6. The van der Waals surface area contributed by atoms with Crippen molar-refractivity contribution in [2.75, 3.05) is 13.2 Å². The molecule has 0 unspecified atom stereocenters. The van der Waals surface area contributed by atoms with Crippen LogP contribution >= 0.6 is 27.3 Å². The van der Waals surface area contributed by atoms with Crippen LogP contribution in [0.25, 0.3) is 0 Å². The molecule has 0 atom stereocenters. The number of hydrogen-bond acceptors (Lipinski definition) is 4. The van der Waals surface area contributed by atoms with Gasteiger partial charge in [-0.3, -0.25) is 9.59 Å². The molecule has 1 heterocycles. The van der Waals surface area contributed by atoms with Crippen molar-refractivity contribution in [3.8, 4) is 0 Å². The summed E-state index contributed by atoms with van der Waals surface area (Å²) in [5.74, 6) is -0.344. The second-order valence-corrected chi connectivity index (χ2v) is 6.47. The van der Waals surface area contributed by atoms with Crippen molar-refractivity contribution in [2.24, 2.45) is 0 Å². The topological polar surface area (TPSA) is 55.4 Å². The van der Waals surface area contributed by atoms with Gasteiger partial charge in [-0.1, -0.05) is 34.1 Å². The minimum Gasteiger partial charge on any atom is -0.465 e. The quantitative estimate of drug-likeness (QED) is 0.590. The van der Waals surface area contributed by atoms with Crippen molar-refractivity contribution in [1.29, 1.82) is 0 Å². The van der Waals surface area contributed by atoms with Gasteiger partial charge in [0.25, 0.3) is 5.91 Å². The summed E-state index contributed by atoms with van der Waals surface area (Å²) in [7, 11) is 0. The van der Waals surface area contributed by atoms with Gasteiger partial charge >= 0.3 is 5.97 Å². The first kappa shape index (κ1) is 16.7. The van der Waals surface area contributed by atoms with E-state index in [0.717, 1.165) is 10.0 Å². The van der Waals surface area contributed by atoms with Crippen LogP contribution < -0.4 is 5.32 Å². The zero-order valence-corrected chi connectivity index (χ0v) is 14.3. The molecule has 1 N–H and O–H groups in total. The van der Waals surface area contributed by atoms with Crippen LogP contribution in [0, 0.1) is 0 Å². The van der Waals surface area contributed by atoms with Gasteiger partial charge in [0.05, 0.1) is 17.9 Å². The van der Waals surface area contributed by atoms with Crippen LogP contribution in [0.3, 0.4) is 0 Å². The SMILES string of the molecule is O=C(Cc1ccc(Br)cc1)OCCCNC(=O)c1cccs1. The highest BCUT2D eigenvalue weighted by Crippen LogP contribution is 2.11. The molecule has 6 heteroatoms. The molecular formula is C16H16BrNO3S. The highest BCUT2D eigenvalue weighted by molar-refractivity contribution is 9.10. The second kappa shape index (κ2) is 8.70. The van der Waals surface area contributed by atoms with Gasteiger partial charge < -0.3 is 10.1 Å². The molecule has 0 saturated carbocycles. The Balaban J connectivity index is 1.59.